The van der Waals surface area contributed by atoms with Crippen LogP contribution in [0, 0.1) is 0 Å². The number of nitrogens with zero attached hydrogens (tertiary/aromatic N) is 7. The predicted molar refractivity (Wildman–Crippen MR) is 154 cm³/mol. The maximum atomic E-state index is 10.4. The maximum Gasteiger partial charge on any atom is 0.227 e. The number of nitrogens with one attached hydrogen (secondary N) is 1. The molecule has 0 aliphatic carbocycles. The molecule has 2 fully saturated rings. The second-order valence-electron chi connectivity index (χ2n) is 10.8. The Hall–Kier alpha value is -3.25. The van der Waals surface area contributed by atoms with E-state index in [0.717, 1.165) is 90.5 Å². The molecule has 6 heterocycles. The molecule has 0 saturated carbocycles. The van der Waals surface area contributed by atoms with Crippen LogP contribution in [-0.2, 0) is 10.3 Å². The Kier molecular flexibility index (Phi) is 7.15. The first-order valence-corrected chi connectivity index (χ1v) is 14.3. The summed E-state index contributed by atoms with van der Waals surface area (Å²) in [5.74, 6) is 2.56. The minimum atomic E-state index is -1.02. The van der Waals surface area contributed by atoms with Gasteiger partial charge in [-0.1, -0.05) is 0 Å². The summed E-state index contributed by atoms with van der Waals surface area (Å²) >= 11 is 1.57. The standard InChI is InChI=1S/C28H34N8O2S/c1-28(2,37)23-14-19(4-7-29-23)26-31-21-16-24(30-17-22(21)39-26)33-25-15-20(18-5-12-38-13-6-18)32-27(34-25)36-10-8-35(3)9-11-36/h4,7,14-18,37H,5-6,8-13H2,1-3H3,(H,30,32,33,34). The first-order chi connectivity index (χ1) is 18.8. The van der Waals surface area contributed by atoms with Crippen LogP contribution in [-0.4, -0.2) is 81.4 Å². The van der Waals surface area contributed by atoms with Crippen molar-refractivity contribution in [1.29, 1.82) is 0 Å². The van der Waals surface area contributed by atoms with Gasteiger partial charge in [-0.15, -0.1) is 11.3 Å². The fraction of sp³-hybridized carbons (Fsp3) is 0.464. The molecule has 10 nitrogen and oxygen atoms in total. The van der Waals surface area contributed by atoms with Gasteiger partial charge in [-0.25, -0.2) is 15.0 Å². The van der Waals surface area contributed by atoms with E-state index in [0.29, 0.717) is 17.4 Å². The molecule has 0 bridgehead atoms. The molecule has 39 heavy (non-hydrogen) atoms. The topological polar surface area (TPSA) is 112 Å². The molecule has 11 heteroatoms. The minimum absolute atomic E-state index is 0.360. The molecule has 0 unspecified atom stereocenters. The van der Waals surface area contributed by atoms with Gasteiger partial charge in [0.25, 0.3) is 0 Å². The molecule has 0 radical (unpaired) electrons. The number of fused-ring (bicyclic) bond motifs is 1. The van der Waals surface area contributed by atoms with Gasteiger partial charge in [0.1, 0.15) is 22.2 Å². The smallest absolute Gasteiger partial charge is 0.227 e. The Labute approximate surface area is 232 Å². The number of hydrogen-bond donors (Lipinski definition) is 2. The van der Waals surface area contributed by atoms with Crippen LogP contribution in [0.3, 0.4) is 0 Å². The van der Waals surface area contributed by atoms with E-state index in [1.165, 1.54) is 0 Å². The highest BCUT2D eigenvalue weighted by atomic mass is 32.1. The molecule has 2 aliphatic rings. The van der Waals surface area contributed by atoms with Crippen molar-refractivity contribution in [3.8, 4) is 10.6 Å². The number of likely N-dealkylation sites (N-methyl/N-ethyl adjacent to an activating group) is 1. The quantitative estimate of drug-likeness (QED) is 0.366. The van der Waals surface area contributed by atoms with Crippen molar-refractivity contribution in [2.45, 2.75) is 38.2 Å². The lowest BCUT2D eigenvalue weighted by molar-refractivity contribution is 0.0739. The lowest BCUT2D eigenvalue weighted by Gasteiger charge is -2.33. The molecule has 6 rings (SSSR count). The lowest BCUT2D eigenvalue weighted by atomic mass is 9.96. The molecule has 4 aromatic heterocycles. The summed E-state index contributed by atoms with van der Waals surface area (Å²) in [6.07, 6.45) is 5.49. The highest BCUT2D eigenvalue weighted by molar-refractivity contribution is 7.21. The summed E-state index contributed by atoms with van der Waals surface area (Å²) < 4.78 is 6.58. The van der Waals surface area contributed by atoms with Crippen LogP contribution in [0.2, 0.25) is 0 Å². The van der Waals surface area contributed by atoms with E-state index in [1.54, 1.807) is 31.4 Å². The van der Waals surface area contributed by atoms with Gasteiger partial charge < -0.3 is 25.0 Å². The zero-order chi connectivity index (χ0) is 27.0. The first-order valence-electron chi connectivity index (χ1n) is 13.4. The fourth-order valence-electron chi connectivity index (χ4n) is 4.92. The molecule has 0 atom stereocenters. The van der Waals surface area contributed by atoms with Gasteiger partial charge in [-0.05, 0) is 45.9 Å². The molecular formula is C28H34N8O2S. The summed E-state index contributed by atoms with van der Waals surface area (Å²) in [4.78, 5) is 28.4. The van der Waals surface area contributed by atoms with Crippen LogP contribution >= 0.6 is 11.3 Å². The van der Waals surface area contributed by atoms with Crippen LogP contribution in [0.25, 0.3) is 20.8 Å². The fourth-order valence-corrected chi connectivity index (χ4v) is 5.83. The second-order valence-corrected chi connectivity index (χ2v) is 11.9. The number of rotatable bonds is 6. The van der Waals surface area contributed by atoms with Gasteiger partial charge in [0.2, 0.25) is 5.95 Å². The molecule has 0 aromatic carbocycles. The molecule has 0 amide bonds. The van der Waals surface area contributed by atoms with Crippen molar-refractivity contribution in [2.24, 2.45) is 0 Å². The summed E-state index contributed by atoms with van der Waals surface area (Å²) in [5, 5.41) is 14.7. The first kappa shape index (κ1) is 26.0. The number of pyridine rings is 2. The summed E-state index contributed by atoms with van der Waals surface area (Å²) in [6.45, 7) is 8.79. The average molecular weight is 547 g/mol. The van der Waals surface area contributed by atoms with Crippen LogP contribution < -0.4 is 10.2 Å². The number of aliphatic hydroxyl groups is 1. The number of aromatic nitrogens is 5. The minimum Gasteiger partial charge on any atom is -0.384 e. The van der Waals surface area contributed by atoms with Crippen LogP contribution in [0.1, 0.15) is 44.0 Å². The normalized spacial score (nSPS) is 17.6. The zero-order valence-corrected chi connectivity index (χ0v) is 23.4. The van der Waals surface area contributed by atoms with E-state index in [4.69, 9.17) is 19.7 Å². The van der Waals surface area contributed by atoms with E-state index in [1.807, 2.05) is 24.4 Å². The van der Waals surface area contributed by atoms with Gasteiger partial charge in [0.05, 0.1) is 21.6 Å². The molecule has 0 spiro atoms. The third-order valence-corrected chi connectivity index (χ3v) is 8.38. The van der Waals surface area contributed by atoms with Crippen molar-refractivity contribution >= 4 is 39.1 Å². The van der Waals surface area contributed by atoms with Crippen LogP contribution in [0.15, 0.2) is 36.7 Å². The van der Waals surface area contributed by atoms with E-state index in [9.17, 15) is 5.11 Å². The van der Waals surface area contributed by atoms with Crippen molar-refractivity contribution < 1.29 is 9.84 Å². The van der Waals surface area contributed by atoms with Crippen LogP contribution in [0.4, 0.5) is 17.6 Å². The maximum absolute atomic E-state index is 10.4. The number of hydrogen-bond acceptors (Lipinski definition) is 11. The molecular weight excluding hydrogens is 512 g/mol. The Morgan fingerprint density at radius 2 is 1.79 bits per heavy atom. The van der Waals surface area contributed by atoms with Crippen molar-refractivity contribution in [2.75, 3.05) is 56.7 Å². The van der Waals surface area contributed by atoms with Gasteiger partial charge >= 0.3 is 0 Å². The third kappa shape index (κ3) is 5.86. The van der Waals surface area contributed by atoms with E-state index < -0.39 is 5.60 Å². The summed E-state index contributed by atoms with van der Waals surface area (Å²) in [6, 6.07) is 7.82. The van der Waals surface area contributed by atoms with Crippen molar-refractivity contribution in [1.82, 2.24) is 29.8 Å². The Morgan fingerprint density at radius 1 is 1.00 bits per heavy atom. The molecule has 4 aromatic rings. The number of piperazine rings is 1. The number of thiazole rings is 1. The Morgan fingerprint density at radius 3 is 2.56 bits per heavy atom. The van der Waals surface area contributed by atoms with E-state index >= 15 is 0 Å². The molecule has 2 saturated heterocycles. The molecule has 2 N–H and O–H groups in total. The highest BCUT2D eigenvalue weighted by Gasteiger charge is 2.23. The monoisotopic (exact) mass is 546 g/mol. The van der Waals surface area contributed by atoms with Gasteiger partial charge in [-0.3, -0.25) is 4.98 Å². The zero-order valence-electron chi connectivity index (χ0n) is 22.6. The van der Waals surface area contributed by atoms with Crippen molar-refractivity contribution in [3.05, 3.63) is 48.0 Å². The van der Waals surface area contributed by atoms with Gasteiger partial charge in [0, 0.05) is 75.4 Å². The van der Waals surface area contributed by atoms with Gasteiger partial charge in [-0.2, -0.15) is 4.98 Å². The molecule has 2 aliphatic heterocycles. The highest BCUT2D eigenvalue weighted by Crippen LogP contribution is 2.33. The van der Waals surface area contributed by atoms with E-state index in [2.05, 4.69) is 38.2 Å². The largest absolute Gasteiger partial charge is 0.384 e. The SMILES string of the molecule is CN1CCN(c2nc(Nc3cc4nc(-c5ccnc(C(C)(C)O)c5)sc4cn3)cc(C3CCOCC3)n2)CC1. The number of anilines is 3. The summed E-state index contributed by atoms with van der Waals surface area (Å²) in [7, 11) is 2.15. The second kappa shape index (κ2) is 10.7. The summed E-state index contributed by atoms with van der Waals surface area (Å²) in [5.41, 5.74) is 2.43. The van der Waals surface area contributed by atoms with Crippen molar-refractivity contribution in [3.63, 3.8) is 0 Å². The lowest BCUT2D eigenvalue weighted by Crippen LogP contribution is -2.45. The number of ether oxygens (including phenoxy) is 1. The van der Waals surface area contributed by atoms with E-state index in [-0.39, 0.29) is 0 Å². The van der Waals surface area contributed by atoms with Gasteiger partial charge in [0.15, 0.2) is 0 Å². The third-order valence-electron chi connectivity index (χ3n) is 7.33. The Balaban J connectivity index is 1.29. The Bertz CT molecular complexity index is 1460. The van der Waals surface area contributed by atoms with Crippen LogP contribution in [0.5, 0.6) is 0 Å². The predicted octanol–water partition coefficient (Wildman–Crippen LogP) is 4.16. The average Bonchev–Trinajstić information content (AvgIpc) is 3.37. The molecule has 204 valence electrons.